The number of carbonyl (C=O) groups is 1. The van der Waals surface area contributed by atoms with Crippen molar-refractivity contribution in [2.45, 2.75) is 32.3 Å². The topological polar surface area (TPSA) is 61.5 Å². The van der Waals surface area contributed by atoms with E-state index in [1.807, 2.05) is 44.1 Å². The van der Waals surface area contributed by atoms with Crippen molar-refractivity contribution in [1.82, 2.24) is 19.8 Å². The van der Waals surface area contributed by atoms with Gasteiger partial charge < -0.3 is 19.5 Å². The third-order valence-electron chi connectivity index (χ3n) is 4.64. The van der Waals surface area contributed by atoms with E-state index in [1.54, 1.807) is 0 Å². The molecule has 1 aliphatic heterocycles. The first-order valence-electron chi connectivity index (χ1n) is 9.00. The Kier molecular flexibility index (Phi) is 5.71. The van der Waals surface area contributed by atoms with E-state index in [9.17, 15) is 4.79 Å². The Morgan fingerprint density at radius 3 is 2.92 bits per heavy atom. The fourth-order valence-corrected chi connectivity index (χ4v) is 3.25. The van der Waals surface area contributed by atoms with Crippen LogP contribution in [-0.4, -0.2) is 72.1 Å². The second-order valence-electron chi connectivity index (χ2n) is 7.13. The highest BCUT2D eigenvalue weighted by Crippen LogP contribution is 2.17. The van der Waals surface area contributed by atoms with Crippen LogP contribution in [0.4, 0.5) is 0 Å². The Hall–Kier alpha value is -1.92. The maximum absolute atomic E-state index is 12.9. The van der Waals surface area contributed by atoms with E-state index in [1.165, 1.54) is 0 Å². The summed E-state index contributed by atoms with van der Waals surface area (Å²) in [6, 6.07) is 6.01. The second-order valence-corrected chi connectivity index (χ2v) is 7.13. The maximum atomic E-state index is 12.9. The van der Waals surface area contributed by atoms with Crippen molar-refractivity contribution in [2.24, 2.45) is 0 Å². The van der Waals surface area contributed by atoms with E-state index in [-0.39, 0.29) is 12.0 Å². The lowest BCUT2D eigenvalue weighted by atomic mass is 10.1. The van der Waals surface area contributed by atoms with Crippen LogP contribution >= 0.6 is 0 Å². The molecule has 1 aromatic heterocycles. The van der Waals surface area contributed by atoms with E-state index >= 15 is 0 Å². The predicted molar refractivity (Wildman–Crippen MR) is 98.6 cm³/mol. The molecule has 1 atom stereocenters. The van der Waals surface area contributed by atoms with Gasteiger partial charge in [0.15, 0.2) is 0 Å². The van der Waals surface area contributed by atoms with Gasteiger partial charge in [-0.3, -0.25) is 4.79 Å². The molecule has 25 heavy (non-hydrogen) atoms. The predicted octanol–water partition coefficient (Wildman–Crippen LogP) is 1.98. The van der Waals surface area contributed by atoms with Crippen LogP contribution in [0.5, 0.6) is 0 Å². The minimum absolute atomic E-state index is 0.160. The smallest absolute Gasteiger partial charge is 0.227 e. The van der Waals surface area contributed by atoms with Gasteiger partial charge in [0.05, 0.1) is 23.6 Å². The number of hydrogen-bond acceptors (Lipinski definition) is 4. The van der Waals surface area contributed by atoms with E-state index in [4.69, 9.17) is 4.74 Å². The quantitative estimate of drug-likeness (QED) is 0.834. The van der Waals surface area contributed by atoms with Crippen molar-refractivity contribution in [3.8, 4) is 0 Å². The monoisotopic (exact) mass is 344 g/mol. The Balaban J connectivity index is 1.68. The summed E-state index contributed by atoms with van der Waals surface area (Å²) in [5, 5.41) is 0. The van der Waals surface area contributed by atoms with Crippen LogP contribution in [-0.2, 0) is 16.0 Å². The molecule has 6 heteroatoms. The van der Waals surface area contributed by atoms with Gasteiger partial charge in [-0.2, -0.15) is 0 Å². The molecule has 1 N–H and O–H groups in total. The van der Waals surface area contributed by atoms with Gasteiger partial charge in [0.1, 0.15) is 5.82 Å². The SMILES string of the molecule is Cc1nc2ccc(CC(=O)N(CCN(C)C)C[C@@H]3CCCO3)cc2[nH]1. The third kappa shape index (κ3) is 4.80. The molecular weight excluding hydrogens is 316 g/mol. The maximum Gasteiger partial charge on any atom is 0.227 e. The Labute approximate surface area is 149 Å². The van der Waals surface area contributed by atoms with Crippen LogP contribution in [0.3, 0.4) is 0 Å². The van der Waals surface area contributed by atoms with E-state index in [0.29, 0.717) is 13.0 Å². The molecule has 2 aromatic rings. The molecule has 0 unspecified atom stereocenters. The van der Waals surface area contributed by atoms with Crippen LogP contribution in [0.2, 0.25) is 0 Å². The number of aromatic nitrogens is 2. The Bertz CT molecular complexity index is 719. The summed E-state index contributed by atoms with van der Waals surface area (Å²) in [4.78, 5) is 24.6. The van der Waals surface area contributed by atoms with Crippen LogP contribution in [0, 0.1) is 6.92 Å². The number of likely N-dealkylation sites (N-methyl/N-ethyl adjacent to an activating group) is 1. The summed E-state index contributed by atoms with van der Waals surface area (Å²) in [5.41, 5.74) is 2.95. The highest BCUT2D eigenvalue weighted by atomic mass is 16.5. The molecule has 0 spiro atoms. The number of imidazole rings is 1. The second kappa shape index (κ2) is 7.97. The molecule has 3 rings (SSSR count). The van der Waals surface area contributed by atoms with Crippen molar-refractivity contribution < 1.29 is 9.53 Å². The van der Waals surface area contributed by atoms with Crippen molar-refractivity contribution in [3.05, 3.63) is 29.6 Å². The van der Waals surface area contributed by atoms with E-state index in [2.05, 4.69) is 14.9 Å². The minimum Gasteiger partial charge on any atom is -0.376 e. The van der Waals surface area contributed by atoms with E-state index in [0.717, 1.165) is 55.0 Å². The van der Waals surface area contributed by atoms with Gasteiger partial charge >= 0.3 is 0 Å². The highest BCUT2D eigenvalue weighted by Gasteiger charge is 2.22. The van der Waals surface area contributed by atoms with E-state index < -0.39 is 0 Å². The molecule has 0 saturated carbocycles. The third-order valence-corrected chi connectivity index (χ3v) is 4.64. The number of H-pyrrole nitrogens is 1. The summed E-state index contributed by atoms with van der Waals surface area (Å²) < 4.78 is 5.73. The van der Waals surface area contributed by atoms with Crippen LogP contribution in [0.15, 0.2) is 18.2 Å². The molecule has 1 amide bonds. The fraction of sp³-hybridized carbons (Fsp3) is 0.579. The van der Waals surface area contributed by atoms with Crippen LogP contribution < -0.4 is 0 Å². The first-order chi connectivity index (χ1) is 12.0. The lowest BCUT2D eigenvalue weighted by Crippen LogP contribution is -2.42. The number of nitrogens with zero attached hydrogens (tertiary/aromatic N) is 3. The number of hydrogen-bond donors (Lipinski definition) is 1. The summed E-state index contributed by atoms with van der Waals surface area (Å²) in [6.45, 7) is 5.04. The number of fused-ring (bicyclic) bond motifs is 1. The Morgan fingerprint density at radius 2 is 2.20 bits per heavy atom. The number of rotatable bonds is 7. The normalized spacial score (nSPS) is 17.5. The molecule has 0 aliphatic carbocycles. The number of benzene rings is 1. The molecule has 2 heterocycles. The van der Waals surface area contributed by atoms with Crippen molar-refractivity contribution in [3.63, 3.8) is 0 Å². The molecule has 136 valence electrons. The van der Waals surface area contributed by atoms with Crippen molar-refractivity contribution >= 4 is 16.9 Å². The molecule has 1 aromatic carbocycles. The molecule has 0 bridgehead atoms. The zero-order valence-electron chi connectivity index (χ0n) is 15.4. The van der Waals surface area contributed by atoms with Crippen LogP contribution in [0.1, 0.15) is 24.2 Å². The lowest BCUT2D eigenvalue weighted by Gasteiger charge is -2.27. The lowest BCUT2D eigenvalue weighted by molar-refractivity contribution is -0.132. The molecule has 1 fully saturated rings. The van der Waals surface area contributed by atoms with Gasteiger partial charge in [0.2, 0.25) is 5.91 Å². The number of nitrogens with one attached hydrogen (secondary N) is 1. The Morgan fingerprint density at radius 1 is 1.36 bits per heavy atom. The number of carbonyl (C=O) groups excluding carboxylic acids is 1. The van der Waals surface area contributed by atoms with Crippen molar-refractivity contribution in [1.29, 1.82) is 0 Å². The fourth-order valence-electron chi connectivity index (χ4n) is 3.25. The first-order valence-corrected chi connectivity index (χ1v) is 9.00. The first kappa shape index (κ1) is 17.9. The largest absolute Gasteiger partial charge is 0.376 e. The standard InChI is InChI=1S/C19H28N4O2/c1-14-20-17-7-6-15(11-18(17)21-14)12-19(24)23(9-8-22(2)3)13-16-5-4-10-25-16/h6-7,11,16H,4-5,8-10,12-13H2,1-3H3,(H,20,21)/t16-/m0/s1. The van der Waals surface area contributed by atoms with Crippen LogP contribution in [0.25, 0.3) is 11.0 Å². The van der Waals surface area contributed by atoms with Gasteiger partial charge in [-0.25, -0.2) is 4.98 Å². The average Bonchev–Trinajstić information content (AvgIpc) is 3.18. The summed E-state index contributed by atoms with van der Waals surface area (Å²) in [5.74, 6) is 1.05. The number of amides is 1. The zero-order chi connectivity index (χ0) is 17.8. The van der Waals surface area contributed by atoms with Crippen molar-refractivity contribution in [2.75, 3.05) is 40.3 Å². The summed E-state index contributed by atoms with van der Waals surface area (Å²) >= 11 is 0. The van der Waals surface area contributed by atoms with Gasteiger partial charge in [0, 0.05) is 26.2 Å². The molecular formula is C19H28N4O2. The van der Waals surface area contributed by atoms with Gasteiger partial charge in [-0.1, -0.05) is 6.07 Å². The van der Waals surface area contributed by atoms with Gasteiger partial charge in [-0.05, 0) is 51.6 Å². The molecule has 0 radical (unpaired) electrons. The molecule has 1 aliphatic rings. The number of aryl methyl sites for hydroxylation is 1. The summed E-state index contributed by atoms with van der Waals surface area (Å²) in [7, 11) is 4.06. The summed E-state index contributed by atoms with van der Waals surface area (Å²) in [6.07, 6.45) is 2.74. The van der Waals surface area contributed by atoms with Gasteiger partial charge in [0.25, 0.3) is 0 Å². The zero-order valence-corrected chi connectivity index (χ0v) is 15.4. The number of ether oxygens (including phenoxy) is 1. The highest BCUT2D eigenvalue weighted by molar-refractivity contribution is 5.82. The average molecular weight is 344 g/mol. The molecule has 1 saturated heterocycles. The van der Waals surface area contributed by atoms with Gasteiger partial charge in [-0.15, -0.1) is 0 Å². The number of aromatic amines is 1. The minimum atomic E-state index is 0.160. The molecule has 6 nitrogen and oxygen atoms in total.